The van der Waals surface area contributed by atoms with E-state index in [4.69, 9.17) is 10.00 Å². The zero-order chi connectivity index (χ0) is 19.7. The van der Waals surface area contributed by atoms with Gasteiger partial charge in [0.2, 0.25) is 0 Å². The van der Waals surface area contributed by atoms with Crippen LogP contribution in [0.2, 0.25) is 0 Å². The van der Waals surface area contributed by atoms with E-state index in [-0.39, 0.29) is 17.9 Å². The van der Waals surface area contributed by atoms with Gasteiger partial charge in [0.15, 0.2) is 0 Å². The molecule has 1 aliphatic carbocycles. The summed E-state index contributed by atoms with van der Waals surface area (Å²) in [5.74, 6) is 1.31. The fourth-order valence-corrected chi connectivity index (χ4v) is 4.49. The average molecular weight is 377 g/mol. The number of anilines is 1. The molecule has 1 saturated carbocycles. The maximum Gasteiger partial charge on any atom is 0.321 e. The molecule has 0 bridgehead atoms. The van der Waals surface area contributed by atoms with Gasteiger partial charge in [0.1, 0.15) is 5.75 Å². The lowest BCUT2D eigenvalue weighted by Gasteiger charge is -2.26. The van der Waals surface area contributed by atoms with Crippen molar-refractivity contribution >= 4 is 11.7 Å². The number of methoxy groups -OCH3 is 1. The standard InChI is InChI=1S/C22H23N3O3/c1-28-20-8-6-19(7-9-20)24-21(26)25-13-16-10-22(27,11-17(16)14-25)18-4-2-15(12-23)3-5-18/h2-9,16-17,27H,10-11,13-14H2,1H3,(H,24,26). The summed E-state index contributed by atoms with van der Waals surface area (Å²) >= 11 is 0. The molecule has 2 unspecified atom stereocenters. The molecule has 2 aromatic rings. The van der Waals surface area contributed by atoms with Crippen molar-refractivity contribution in [3.8, 4) is 11.8 Å². The molecule has 0 spiro atoms. The van der Waals surface area contributed by atoms with E-state index in [0.29, 0.717) is 31.5 Å². The van der Waals surface area contributed by atoms with Gasteiger partial charge in [0.05, 0.1) is 24.3 Å². The van der Waals surface area contributed by atoms with E-state index >= 15 is 0 Å². The molecule has 28 heavy (non-hydrogen) atoms. The number of nitrogens with one attached hydrogen (secondary N) is 1. The molecule has 2 atom stereocenters. The van der Waals surface area contributed by atoms with Gasteiger partial charge in [0, 0.05) is 18.8 Å². The number of amides is 2. The fraction of sp³-hybridized carbons (Fsp3) is 0.364. The summed E-state index contributed by atoms with van der Waals surface area (Å²) in [7, 11) is 1.61. The summed E-state index contributed by atoms with van der Waals surface area (Å²) in [5, 5.41) is 23.0. The first-order valence-corrected chi connectivity index (χ1v) is 9.44. The van der Waals surface area contributed by atoms with E-state index < -0.39 is 5.60 Å². The summed E-state index contributed by atoms with van der Waals surface area (Å²) in [6.07, 6.45) is 1.27. The highest BCUT2D eigenvalue weighted by Gasteiger charge is 2.49. The number of ether oxygens (including phenoxy) is 1. The van der Waals surface area contributed by atoms with E-state index in [1.807, 2.05) is 41.3 Å². The molecule has 6 nitrogen and oxygen atoms in total. The van der Waals surface area contributed by atoms with Gasteiger partial charge in [-0.1, -0.05) is 12.1 Å². The molecule has 2 fully saturated rings. The molecule has 2 N–H and O–H groups in total. The molecule has 2 amide bonds. The zero-order valence-corrected chi connectivity index (χ0v) is 15.8. The van der Waals surface area contributed by atoms with Crippen molar-refractivity contribution in [3.63, 3.8) is 0 Å². The topological polar surface area (TPSA) is 85.6 Å². The van der Waals surface area contributed by atoms with Gasteiger partial charge in [-0.3, -0.25) is 0 Å². The van der Waals surface area contributed by atoms with Crippen LogP contribution in [-0.4, -0.2) is 36.2 Å². The lowest BCUT2D eigenvalue weighted by Crippen LogP contribution is -2.35. The molecule has 0 radical (unpaired) electrons. The predicted octanol–water partition coefficient (Wildman–Crippen LogP) is 3.33. The Morgan fingerprint density at radius 2 is 1.75 bits per heavy atom. The van der Waals surface area contributed by atoms with E-state index in [2.05, 4.69) is 11.4 Å². The Bertz CT molecular complexity index is 888. The van der Waals surface area contributed by atoms with Crippen LogP contribution in [0.25, 0.3) is 0 Å². The Hall–Kier alpha value is -3.04. The SMILES string of the molecule is COc1ccc(NC(=O)N2CC3CC(O)(c4ccc(C#N)cc4)CC3C2)cc1. The maximum absolute atomic E-state index is 12.6. The second-order valence-corrected chi connectivity index (χ2v) is 7.71. The minimum Gasteiger partial charge on any atom is -0.497 e. The number of carbonyl (C=O) groups is 1. The summed E-state index contributed by atoms with van der Waals surface area (Å²) < 4.78 is 5.13. The van der Waals surface area contributed by atoms with Crippen LogP contribution in [0, 0.1) is 23.2 Å². The molecule has 1 saturated heterocycles. The predicted molar refractivity (Wildman–Crippen MR) is 105 cm³/mol. The Balaban J connectivity index is 1.37. The summed E-state index contributed by atoms with van der Waals surface area (Å²) in [6, 6.07) is 16.4. The number of fused-ring (bicyclic) bond motifs is 1. The maximum atomic E-state index is 12.6. The van der Waals surface area contributed by atoms with Crippen LogP contribution in [0.1, 0.15) is 24.0 Å². The average Bonchev–Trinajstić information content (AvgIpc) is 3.24. The van der Waals surface area contributed by atoms with E-state index in [9.17, 15) is 9.90 Å². The van der Waals surface area contributed by atoms with Crippen molar-refractivity contribution in [1.29, 1.82) is 5.26 Å². The van der Waals surface area contributed by atoms with Gasteiger partial charge in [-0.2, -0.15) is 5.26 Å². The molecule has 2 aliphatic rings. The van der Waals surface area contributed by atoms with Crippen molar-refractivity contribution < 1.29 is 14.6 Å². The molecule has 4 rings (SSSR count). The first-order chi connectivity index (χ1) is 13.5. The van der Waals surface area contributed by atoms with Crippen LogP contribution in [0.15, 0.2) is 48.5 Å². The number of rotatable bonds is 3. The van der Waals surface area contributed by atoms with Crippen molar-refractivity contribution in [2.45, 2.75) is 18.4 Å². The van der Waals surface area contributed by atoms with Crippen molar-refractivity contribution in [1.82, 2.24) is 4.90 Å². The van der Waals surface area contributed by atoms with E-state index in [1.165, 1.54) is 0 Å². The number of nitriles is 1. The first kappa shape index (κ1) is 18.3. The fourth-order valence-electron chi connectivity index (χ4n) is 4.49. The summed E-state index contributed by atoms with van der Waals surface area (Å²) in [6.45, 7) is 1.29. The highest BCUT2D eigenvalue weighted by atomic mass is 16.5. The molecular formula is C22H23N3O3. The molecule has 0 aromatic heterocycles. The zero-order valence-electron chi connectivity index (χ0n) is 15.8. The monoisotopic (exact) mass is 377 g/mol. The number of nitrogens with zero attached hydrogens (tertiary/aromatic N) is 2. The third kappa shape index (κ3) is 3.41. The van der Waals surface area contributed by atoms with Crippen molar-refractivity contribution in [3.05, 3.63) is 59.7 Å². The first-order valence-electron chi connectivity index (χ1n) is 9.44. The quantitative estimate of drug-likeness (QED) is 0.859. The highest BCUT2D eigenvalue weighted by Crippen LogP contribution is 2.49. The van der Waals surface area contributed by atoms with Crippen LogP contribution in [-0.2, 0) is 5.60 Å². The largest absolute Gasteiger partial charge is 0.497 e. The number of hydrogen-bond donors (Lipinski definition) is 2. The van der Waals surface area contributed by atoms with Gasteiger partial charge >= 0.3 is 6.03 Å². The van der Waals surface area contributed by atoms with Crippen molar-refractivity contribution in [2.75, 3.05) is 25.5 Å². The van der Waals surface area contributed by atoms with Gasteiger partial charge in [0.25, 0.3) is 0 Å². The van der Waals surface area contributed by atoms with Crippen LogP contribution in [0.4, 0.5) is 10.5 Å². The van der Waals surface area contributed by atoms with Crippen LogP contribution >= 0.6 is 0 Å². The lowest BCUT2D eigenvalue weighted by atomic mass is 9.90. The van der Waals surface area contributed by atoms with E-state index in [0.717, 1.165) is 17.0 Å². The molecule has 6 heteroatoms. The van der Waals surface area contributed by atoms with Crippen LogP contribution < -0.4 is 10.1 Å². The van der Waals surface area contributed by atoms with Gasteiger partial charge in [-0.25, -0.2) is 4.79 Å². The van der Waals surface area contributed by atoms with Crippen LogP contribution in [0.5, 0.6) is 5.75 Å². The van der Waals surface area contributed by atoms with Crippen LogP contribution in [0.3, 0.4) is 0 Å². The minimum absolute atomic E-state index is 0.110. The molecule has 2 aromatic carbocycles. The van der Waals surface area contributed by atoms with Gasteiger partial charge in [-0.05, 0) is 66.6 Å². The third-order valence-electron chi connectivity index (χ3n) is 5.96. The number of likely N-dealkylation sites (tertiary alicyclic amines) is 1. The molecule has 1 aliphatic heterocycles. The second-order valence-electron chi connectivity index (χ2n) is 7.71. The normalized spacial score (nSPS) is 25.8. The smallest absolute Gasteiger partial charge is 0.321 e. The molecule has 1 heterocycles. The van der Waals surface area contributed by atoms with Gasteiger partial charge in [-0.15, -0.1) is 0 Å². The van der Waals surface area contributed by atoms with Crippen molar-refractivity contribution in [2.24, 2.45) is 11.8 Å². The van der Waals surface area contributed by atoms with E-state index in [1.54, 1.807) is 19.2 Å². The Morgan fingerprint density at radius 1 is 1.14 bits per heavy atom. The summed E-state index contributed by atoms with van der Waals surface area (Å²) in [4.78, 5) is 14.4. The molecule has 144 valence electrons. The Kier molecular flexibility index (Phi) is 4.70. The number of benzene rings is 2. The number of urea groups is 1. The minimum atomic E-state index is -0.873. The second kappa shape index (κ2) is 7.17. The summed E-state index contributed by atoms with van der Waals surface area (Å²) in [5.41, 5.74) is 1.31. The number of aliphatic hydroxyl groups is 1. The molecular weight excluding hydrogens is 354 g/mol. The number of hydrogen-bond acceptors (Lipinski definition) is 4. The Labute approximate surface area is 164 Å². The lowest BCUT2D eigenvalue weighted by molar-refractivity contribution is 0.0328. The highest BCUT2D eigenvalue weighted by molar-refractivity contribution is 5.89. The number of carbonyl (C=O) groups excluding carboxylic acids is 1. The third-order valence-corrected chi connectivity index (χ3v) is 5.96. The van der Waals surface area contributed by atoms with Gasteiger partial charge < -0.3 is 20.1 Å². The Morgan fingerprint density at radius 3 is 2.29 bits per heavy atom.